The van der Waals surface area contributed by atoms with Gasteiger partial charge in [-0.05, 0) is 48.6 Å². The molecule has 0 saturated carbocycles. The second kappa shape index (κ2) is 4.72. The molecule has 1 atom stereocenters. The second-order valence-electron chi connectivity index (χ2n) is 4.60. The number of aryl methyl sites for hydroxylation is 3. The fourth-order valence-corrected chi connectivity index (χ4v) is 2.01. The summed E-state index contributed by atoms with van der Waals surface area (Å²) in [6, 6.07) is 14.1. The maximum absolute atomic E-state index is 10.4. The van der Waals surface area contributed by atoms with Crippen LogP contribution in [0.15, 0.2) is 42.5 Å². The van der Waals surface area contributed by atoms with Gasteiger partial charge in [0.15, 0.2) is 0 Å². The average Bonchev–Trinajstić information content (AvgIpc) is 2.32. The molecule has 0 bridgehead atoms. The minimum absolute atomic E-state index is 0.532. The highest BCUT2D eigenvalue weighted by atomic mass is 16.3. The molecule has 0 fully saturated rings. The first-order valence-electron chi connectivity index (χ1n) is 5.90. The van der Waals surface area contributed by atoms with Crippen molar-refractivity contribution in [2.75, 3.05) is 0 Å². The first-order chi connectivity index (χ1) is 8.09. The van der Waals surface area contributed by atoms with Crippen LogP contribution in [0.2, 0.25) is 0 Å². The van der Waals surface area contributed by atoms with Gasteiger partial charge in [0.2, 0.25) is 0 Å². The highest BCUT2D eigenvalue weighted by Gasteiger charge is 2.12. The fourth-order valence-electron chi connectivity index (χ4n) is 2.01. The Morgan fingerprint density at radius 2 is 1.53 bits per heavy atom. The molecule has 0 aliphatic carbocycles. The predicted molar refractivity (Wildman–Crippen MR) is 71.2 cm³/mol. The molecule has 1 heteroatoms. The molecule has 0 aliphatic heterocycles. The van der Waals surface area contributed by atoms with Crippen LogP contribution in [0.1, 0.15) is 33.9 Å². The summed E-state index contributed by atoms with van der Waals surface area (Å²) >= 11 is 0. The lowest BCUT2D eigenvalue weighted by molar-refractivity contribution is 0.219. The molecule has 1 nitrogen and oxygen atoms in total. The Labute approximate surface area is 103 Å². The monoisotopic (exact) mass is 226 g/mol. The molecule has 0 amide bonds. The zero-order valence-electron chi connectivity index (χ0n) is 10.6. The largest absolute Gasteiger partial charge is 0.384 e. The number of aliphatic hydroxyl groups is 1. The van der Waals surface area contributed by atoms with E-state index in [0.717, 1.165) is 16.7 Å². The van der Waals surface area contributed by atoms with Gasteiger partial charge >= 0.3 is 0 Å². The summed E-state index contributed by atoms with van der Waals surface area (Å²) in [7, 11) is 0. The number of aliphatic hydroxyl groups excluding tert-OH is 1. The quantitative estimate of drug-likeness (QED) is 0.828. The van der Waals surface area contributed by atoms with E-state index < -0.39 is 6.10 Å². The lowest BCUT2D eigenvalue weighted by Gasteiger charge is -2.15. The van der Waals surface area contributed by atoms with E-state index in [1.54, 1.807) is 0 Å². The van der Waals surface area contributed by atoms with Crippen LogP contribution in [0.25, 0.3) is 0 Å². The Kier molecular flexibility index (Phi) is 3.30. The maximum atomic E-state index is 10.4. The zero-order chi connectivity index (χ0) is 12.4. The number of hydrogen-bond donors (Lipinski definition) is 1. The van der Waals surface area contributed by atoms with E-state index in [4.69, 9.17) is 0 Å². The minimum atomic E-state index is -0.532. The van der Waals surface area contributed by atoms with E-state index in [1.807, 2.05) is 37.3 Å². The van der Waals surface area contributed by atoms with Gasteiger partial charge in [0.1, 0.15) is 6.10 Å². The third kappa shape index (κ3) is 2.40. The third-order valence-electron chi connectivity index (χ3n) is 3.33. The third-order valence-corrected chi connectivity index (χ3v) is 3.33. The standard InChI is InChI=1S/C16H18O/c1-11-8-9-14(10-13(11)3)16(17)15-7-5-4-6-12(15)2/h4-10,16-17H,1-3H3/t16-/m1/s1. The minimum Gasteiger partial charge on any atom is -0.384 e. The van der Waals surface area contributed by atoms with Crippen LogP contribution in [0, 0.1) is 20.8 Å². The highest BCUT2D eigenvalue weighted by molar-refractivity contribution is 5.38. The van der Waals surface area contributed by atoms with Crippen molar-refractivity contribution in [1.82, 2.24) is 0 Å². The van der Waals surface area contributed by atoms with Crippen LogP contribution < -0.4 is 0 Å². The summed E-state index contributed by atoms with van der Waals surface area (Å²) in [4.78, 5) is 0. The van der Waals surface area contributed by atoms with Crippen molar-refractivity contribution in [3.63, 3.8) is 0 Å². The van der Waals surface area contributed by atoms with Crippen LogP contribution in [0.3, 0.4) is 0 Å². The first kappa shape index (κ1) is 11.9. The summed E-state index contributed by atoms with van der Waals surface area (Å²) in [6.45, 7) is 6.18. The van der Waals surface area contributed by atoms with E-state index in [0.29, 0.717) is 0 Å². The molecule has 17 heavy (non-hydrogen) atoms. The number of hydrogen-bond acceptors (Lipinski definition) is 1. The molecule has 88 valence electrons. The Morgan fingerprint density at radius 1 is 0.824 bits per heavy atom. The molecule has 0 heterocycles. The average molecular weight is 226 g/mol. The molecule has 1 N–H and O–H groups in total. The molecule has 0 radical (unpaired) electrons. The predicted octanol–water partition coefficient (Wildman–Crippen LogP) is 3.69. The fraction of sp³-hybridized carbons (Fsp3) is 0.250. The SMILES string of the molecule is Cc1ccc([C@@H](O)c2ccccc2C)cc1C. The van der Waals surface area contributed by atoms with Crippen molar-refractivity contribution in [1.29, 1.82) is 0 Å². The van der Waals surface area contributed by atoms with E-state index in [9.17, 15) is 5.11 Å². The zero-order valence-corrected chi connectivity index (χ0v) is 10.6. The number of benzene rings is 2. The van der Waals surface area contributed by atoms with E-state index in [1.165, 1.54) is 11.1 Å². The van der Waals surface area contributed by atoms with Gasteiger partial charge in [0.25, 0.3) is 0 Å². The smallest absolute Gasteiger partial charge is 0.104 e. The van der Waals surface area contributed by atoms with E-state index in [2.05, 4.69) is 26.0 Å². The molecular weight excluding hydrogens is 208 g/mol. The van der Waals surface area contributed by atoms with Crippen LogP contribution in [0.4, 0.5) is 0 Å². The van der Waals surface area contributed by atoms with Crippen LogP contribution in [0.5, 0.6) is 0 Å². The molecule has 0 aliphatic rings. The molecule has 2 aromatic carbocycles. The van der Waals surface area contributed by atoms with Gasteiger partial charge in [-0.15, -0.1) is 0 Å². The lowest BCUT2D eigenvalue weighted by Crippen LogP contribution is -2.02. The van der Waals surface area contributed by atoms with Crippen molar-refractivity contribution >= 4 is 0 Å². The Bertz CT molecular complexity index is 529. The normalized spacial score (nSPS) is 12.5. The van der Waals surface area contributed by atoms with Crippen molar-refractivity contribution in [2.45, 2.75) is 26.9 Å². The molecule has 0 unspecified atom stereocenters. The Hall–Kier alpha value is -1.60. The van der Waals surface area contributed by atoms with Gasteiger partial charge in [-0.1, -0.05) is 42.5 Å². The van der Waals surface area contributed by atoms with Gasteiger partial charge in [-0.3, -0.25) is 0 Å². The molecule has 0 spiro atoms. The van der Waals surface area contributed by atoms with Gasteiger partial charge in [0.05, 0.1) is 0 Å². The van der Waals surface area contributed by atoms with Crippen molar-refractivity contribution in [3.05, 3.63) is 70.3 Å². The van der Waals surface area contributed by atoms with Gasteiger partial charge in [-0.25, -0.2) is 0 Å². The maximum Gasteiger partial charge on any atom is 0.104 e. The van der Waals surface area contributed by atoms with Crippen LogP contribution in [-0.2, 0) is 0 Å². The molecule has 0 aromatic heterocycles. The van der Waals surface area contributed by atoms with Crippen molar-refractivity contribution < 1.29 is 5.11 Å². The molecule has 2 aromatic rings. The van der Waals surface area contributed by atoms with Gasteiger partial charge in [-0.2, -0.15) is 0 Å². The summed E-state index contributed by atoms with van der Waals surface area (Å²) in [6.07, 6.45) is -0.532. The van der Waals surface area contributed by atoms with Crippen molar-refractivity contribution in [3.8, 4) is 0 Å². The lowest BCUT2D eigenvalue weighted by atomic mass is 9.95. The topological polar surface area (TPSA) is 20.2 Å². The van der Waals surface area contributed by atoms with Crippen molar-refractivity contribution in [2.24, 2.45) is 0 Å². The Morgan fingerprint density at radius 3 is 2.18 bits per heavy atom. The molecular formula is C16H18O. The Balaban J connectivity index is 2.40. The van der Waals surface area contributed by atoms with Crippen LogP contribution in [-0.4, -0.2) is 5.11 Å². The summed E-state index contributed by atoms with van der Waals surface area (Å²) < 4.78 is 0. The molecule has 2 rings (SSSR count). The summed E-state index contributed by atoms with van der Waals surface area (Å²) in [5, 5.41) is 10.4. The van der Waals surface area contributed by atoms with Gasteiger partial charge in [0, 0.05) is 0 Å². The summed E-state index contributed by atoms with van der Waals surface area (Å²) in [5.41, 5.74) is 5.54. The van der Waals surface area contributed by atoms with E-state index >= 15 is 0 Å². The summed E-state index contributed by atoms with van der Waals surface area (Å²) in [5.74, 6) is 0. The number of rotatable bonds is 2. The van der Waals surface area contributed by atoms with Crippen LogP contribution >= 0.6 is 0 Å². The highest BCUT2D eigenvalue weighted by Crippen LogP contribution is 2.25. The van der Waals surface area contributed by atoms with E-state index in [-0.39, 0.29) is 0 Å². The first-order valence-corrected chi connectivity index (χ1v) is 5.90. The molecule has 0 saturated heterocycles. The van der Waals surface area contributed by atoms with Gasteiger partial charge < -0.3 is 5.11 Å². The second-order valence-corrected chi connectivity index (χ2v) is 4.60.